The lowest BCUT2D eigenvalue weighted by molar-refractivity contribution is -0.124. The van der Waals surface area contributed by atoms with Crippen molar-refractivity contribution in [2.75, 3.05) is 28.4 Å². The van der Waals surface area contributed by atoms with Crippen molar-refractivity contribution in [3.8, 4) is 28.7 Å². The number of hydrogen-bond acceptors (Lipinski definition) is 7. The first-order valence-electron chi connectivity index (χ1n) is 10.3. The van der Waals surface area contributed by atoms with E-state index in [4.69, 9.17) is 28.9 Å². The average Bonchev–Trinajstić information content (AvgIpc) is 2.83. The van der Waals surface area contributed by atoms with E-state index in [1.807, 2.05) is 32.0 Å². The van der Waals surface area contributed by atoms with Crippen LogP contribution in [0.3, 0.4) is 0 Å². The fourth-order valence-corrected chi connectivity index (χ4v) is 3.20. The molecular weight excluding hydrogens is 426 g/mol. The van der Waals surface area contributed by atoms with Crippen LogP contribution in [0.5, 0.6) is 28.7 Å². The Hall–Kier alpha value is -3.65. The number of amides is 1. The van der Waals surface area contributed by atoms with E-state index in [1.54, 1.807) is 46.1 Å². The summed E-state index contributed by atoms with van der Waals surface area (Å²) in [6.45, 7) is 4.22. The van der Waals surface area contributed by atoms with Crippen molar-refractivity contribution in [2.24, 2.45) is 0 Å². The van der Waals surface area contributed by atoms with Gasteiger partial charge in [-0.15, -0.1) is 0 Å². The second kappa shape index (κ2) is 12.4. The predicted molar refractivity (Wildman–Crippen MR) is 126 cm³/mol. The summed E-state index contributed by atoms with van der Waals surface area (Å²) < 4.78 is 28.1. The van der Waals surface area contributed by atoms with Gasteiger partial charge in [-0.25, -0.2) is 5.48 Å². The molecule has 0 aliphatic carbocycles. The Bertz CT molecular complexity index is 999. The smallest absolute Gasteiger partial charge is 0.267 e. The summed E-state index contributed by atoms with van der Waals surface area (Å²) in [6.07, 6.45) is 5.43. The number of methoxy groups -OCH3 is 4. The number of carbonyl (C=O) groups is 1. The Morgan fingerprint density at radius 3 is 2.09 bits per heavy atom. The molecule has 1 amide bonds. The largest absolute Gasteiger partial charge is 0.496 e. The van der Waals surface area contributed by atoms with E-state index in [-0.39, 0.29) is 6.61 Å². The van der Waals surface area contributed by atoms with Gasteiger partial charge in [-0.2, -0.15) is 0 Å². The zero-order valence-corrected chi connectivity index (χ0v) is 19.9. The van der Waals surface area contributed by atoms with Gasteiger partial charge in [0.05, 0.1) is 28.4 Å². The van der Waals surface area contributed by atoms with Crippen molar-refractivity contribution in [1.82, 2.24) is 5.48 Å². The molecule has 0 fully saturated rings. The summed E-state index contributed by atoms with van der Waals surface area (Å²) in [4.78, 5) is 11.5. The SMILES string of the molecule is COc1ccc(/C=C/C(=O)NO)c(OCc2cc(OC)c(OC)c(OC)c2)c1CC=C(C)C. The van der Waals surface area contributed by atoms with Gasteiger partial charge in [0.2, 0.25) is 5.75 Å². The van der Waals surface area contributed by atoms with Crippen molar-refractivity contribution in [2.45, 2.75) is 26.9 Å². The molecule has 2 aromatic rings. The van der Waals surface area contributed by atoms with Crippen LogP contribution in [0.4, 0.5) is 0 Å². The second-order valence-electron chi connectivity index (χ2n) is 7.28. The van der Waals surface area contributed by atoms with E-state index in [0.717, 1.165) is 16.7 Å². The highest BCUT2D eigenvalue weighted by Gasteiger charge is 2.17. The van der Waals surface area contributed by atoms with Crippen LogP contribution in [-0.4, -0.2) is 39.6 Å². The van der Waals surface area contributed by atoms with Gasteiger partial charge in [0, 0.05) is 17.2 Å². The number of hydroxylamine groups is 1. The monoisotopic (exact) mass is 457 g/mol. The van der Waals surface area contributed by atoms with Gasteiger partial charge in [-0.1, -0.05) is 11.6 Å². The first-order chi connectivity index (χ1) is 15.9. The molecule has 0 unspecified atom stereocenters. The van der Waals surface area contributed by atoms with Crippen molar-refractivity contribution in [3.63, 3.8) is 0 Å². The molecule has 2 rings (SSSR count). The van der Waals surface area contributed by atoms with Crippen molar-refractivity contribution >= 4 is 12.0 Å². The molecule has 2 aromatic carbocycles. The van der Waals surface area contributed by atoms with Gasteiger partial charge in [-0.05, 0) is 56.2 Å². The number of allylic oxidation sites excluding steroid dienone is 2. The molecule has 0 aromatic heterocycles. The topological polar surface area (TPSA) is 95.5 Å². The summed E-state index contributed by atoms with van der Waals surface area (Å²) >= 11 is 0. The molecule has 33 heavy (non-hydrogen) atoms. The molecule has 0 heterocycles. The van der Waals surface area contributed by atoms with Crippen molar-refractivity contribution in [3.05, 3.63) is 58.7 Å². The van der Waals surface area contributed by atoms with Crippen LogP contribution in [0.2, 0.25) is 0 Å². The quantitative estimate of drug-likeness (QED) is 0.224. The van der Waals surface area contributed by atoms with Crippen LogP contribution < -0.4 is 29.2 Å². The highest BCUT2D eigenvalue weighted by molar-refractivity contribution is 5.91. The maximum atomic E-state index is 11.5. The van der Waals surface area contributed by atoms with Crippen LogP contribution in [-0.2, 0) is 17.8 Å². The molecule has 0 aliphatic rings. The number of benzene rings is 2. The fourth-order valence-electron chi connectivity index (χ4n) is 3.20. The summed E-state index contributed by atoms with van der Waals surface area (Å²) in [5, 5.41) is 8.81. The van der Waals surface area contributed by atoms with Gasteiger partial charge in [0.1, 0.15) is 18.1 Å². The maximum Gasteiger partial charge on any atom is 0.267 e. The van der Waals surface area contributed by atoms with Crippen LogP contribution in [0, 0.1) is 0 Å². The van der Waals surface area contributed by atoms with Gasteiger partial charge >= 0.3 is 0 Å². The number of nitrogens with one attached hydrogen (secondary N) is 1. The Kier molecular flexibility index (Phi) is 9.62. The maximum absolute atomic E-state index is 11.5. The van der Waals surface area contributed by atoms with Crippen LogP contribution in [0.15, 0.2) is 42.0 Å². The summed E-state index contributed by atoms with van der Waals surface area (Å²) in [7, 11) is 6.25. The lowest BCUT2D eigenvalue weighted by Crippen LogP contribution is -2.14. The van der Waals surface area contributed by atoms with Crippen LogP contribution >= 0.6 is 0 Å². The minimum Gasteiger partial charge on any atom is -0.496 e. The molecule has 8 heteroatoms. The third-order valence-electron chi connectivity index (χ3n) is 4.81. The zero-order valence-electron chi connectivity index (χ0n) is 19.9. The Morgan fingerprint density at radius 2 is 1.58 bits per heavy atom. The molecule has 0 bridgehead atoms. The minimum absolute atomic E-state index is 0.193. The molecule has 0 saturated heterocycles. The van der Waals surface area contributed by atoms with E-state index in [0.29, 0.717) is 40.7 Å². The highest BCUT2D eigenvalue weighted by Crippen LogP contribution is 2.39. The van der Waals surface area contributed by atoms with Gasteiger partial charge < -0.3 is 23.7 Å². The van der Waals surface area contributed by atoms with E-state index < -0.39 is 5.91 Å². The lowest BCUT2D eigenvalue weighted by atomic mass is 10.0. The fraction of sp³-hybridized carbons (Fsp3) is 0.320. The van der Waals surface area contributed by atoms with Crippen molar-refractivity contribution in [1.29, 1.82) is 0 Å². The third kappa shape index (κ3) is 6.66. The van der Waals surface area contributed by atoms with E-state index >= 15 is 0 Å². The van der Waals surface area contributed by atoms with E-state index in [9.17, 15) is 4.79 Å². The summed E-state index contributed by atoms with van der Waals surface area (Å²) in [5.41, 5.74) is 5.01. The van der Waals surface area contributed by atoms with Crippen LogP contribution in [0.25, 0.3) is 6.08 Å². The van der Waals surface area contributed by atoms with Gasteiger partial charge in [0.15, 0.2) is 11.5 Å². The van der Waals surface area contributed by atoms with E-state index in [1.165, 1.54) is 6.08 Å². The van der Waals surface area contributed by atoms with Crippen LogP contribution in [0.1, 0.15) is 30.5 Å². The van der Waals surface area contributed by atoms with Gasteiger partial charge in [0.25, 0.3) is 5.91 Å². The molecular formula is C25H31NO7. The number of ether oxygens (including phenoxy) is 5. The normalized spacial score (nSPS) is 10.5. The number of hydrogen-bond donors (Lipinski definition) is 2. The standard InChI is InChI=1S/C25H31NO7/c1-16(2)7-10-19-20(29-3)11-8-18(9-12-23(27)26-28)24(19)33-15-17-13-21(30-4)25(32-6)22(14-17)31-5/h7-9,11-14,28H,10,15H2,1-6H3,(H,26,27)/b12-9+. The summed E-state index contributed by atoms with van der Waals surface area (Å²) in [5.74, 6) is 2.11. The molecule has 178 valence electrons. The molecule has 0 radical (unpaired) electrons. The molecule has 8 nitrogen and oxygen atoms in total. The Balaban J connectivity index is 2.53. The molecule has 0 spiro atoms. The molecule has 2 N–H and O–H groups in total. The third-order valence-corrected chi connectivity index (χ3v) is 4.81. The average molecular weight is 458 g/mol. The minimum atomic E-state index is -0.646. The molecule has 0 saturated carbocycles. The summed E-state index contributed by atoms with van der Waals surface area (Å²) in [6, 6.07) is 7.23. The predicted octanol–water partition coefficient (Wildman–Crippen LogP) is 4.33. The number of rotatable bonds is 11. The first kappa shape index (κ1) is 25.6. The van der Waals surface area contributed by atoms with Gasteiger partial charge in [-0.3, -0.25) is 10.0 Å². The van der Waals surface area contributed by atoms with E-state index in [2.05, 4.69) is 6.08 Å². The second-order valence-corrected chi connectivity index (χ2v) is 7.28. The molecule has 0 aliphatic heterocycles. The lowest BCUT2D eigenvalue weighted by Gasteiger charge is -2.18. The number of carbonyl (C=O) groups excluding carboxylic acids is 1. The molecule has 0 atom stereocenters. The first-order valence-corrected chi connectivity index (χ1v) is 10.3. The Labute approximate surface area is 194 Å². The highest BCUT2D eigenvalue weighted by atomic mass is 16.5. The zero-order chi connectivity index (χ0) is 24.4. The van der Waals surface area contributed by atoms with Crippen molar-refractivity contribution < 1.29 is 33.7 Å². The Morgan fingerprint density at radius 1 is 0.939 bits per heavy atom.